The van der Waals surface area contributed by atoms with Crippen LogP contribution >= 0.6 is 11.8 Å². The number of fused-ring (bicyclic) bond motifs is 1. The number of nitrogens with two attached hydrogens (primary N) is 2. The van der Waals surface area contributed by atoms with E-state index in [1.54, 1.807) is 37.7 Å². The third-order valence-electron chi connectivity index (χ3n) is 5.59. The highest BCUT2D eigenvalue weighted by atomic mass is 32.2. The summed E-state index contributed by atoms with van der Waals surface area (Å²) in [6.07, 6.45) is 0.962. The summed E-state index contributed by atoms with van der Waals surface area (Å²) >= 11 is 1.66. The monoisotopic (exact) mass is 516 g/mol. The average Bonchev–Trinajstić information content (AvgIpc) is 3.25. The number of anilines is 3. The highest BCUT2D eigenvalue weighted by molar-refractivity contribution is 7.99. The molecule has 1 aliphatic heterocycles. The molecular formula is C24H32N6O5S. The van der Waals surface area contributed by atoms with Crippen LogP contribution in [0.4, 0.5) is 17.6 Å². The lowest BCUT2D eigenvalue weighted by molar-refractivity contribution is -0.146. The van der Waals surface area contributed by atoms with Crippen molar-refractivity contribution in [3.05, 3.63) is 35.4 Å². The number of carbonyl (C=O) groups is 3. The fraction of sp³-hybridized carbons (Fsp3) is 0.458. The Morgan fingerprint density at radius 2 is 1.86 bits per heavy atom. The van der Waals surface area contributed by atoms with E-state index in [4.69, 9.17) is 20.9 Å². The zero-order chi connectivity index (χ0) is 26.1. The van der Waals surface area contributed by atoms with Crippen molar-refractivity contribution >= 4 is 47.2 Å². The molecule has 3 rings (SSSR count). The number of rotatable bonds is 12. The number of esters is 2. The molecule has 36 heavy (non-hydrogen) atoms. The molecule has 1 aliphatic rings. The van der Waals surface area contributed by atoms with Crippen molar-refractivity contribution in [2.75, 3.05) is 42.3 Å². The minimum atomic E-state index is -0.939. The Labute approximate surface area is 214 Å². The number of nitrogens with one attached hydrogen (secondary N) is 2. The van der Waals surface area contributed by atoms with Crippen LogP contribution in [0, 0.1) is 0 Å². The normalized spacial score (nSPS) is 14.9. The molecule has 2 aromatic rings. The van der Waals surface area contributed by atoms with Gasteiger partial charge in [-0.05, 0) is 56.7 Å². The first-order valence-electron chi connectivity index (χ1n) is 11.8. The number of nitrogen functional groups attached to an aromatic ring is 2. The van der Waals surface area contributed by atoms with Crippen LogP contribution in [-0.2, 0) is 19.1 Å². The Morgan fingerprint density at radius 3 is 2.56 bits per heavy atom. The molecule has 12 heteroatoms. The zero-order valence-electron chi connectivity index (χ0n) is 20.4. The Hall–Kier alpha value is -3.54. The van der Waals surface area contributed by atoms with E-state index in [0.29, 0.717) is 17.2 Å². The predicted molar refractivity (Wildman–Crippen MR) is 138 cm³/mol. The number of benzene rings is 1. The van der Waals surface area contributed by atoms with Crippen LogP contribution in [0.3, 0.4) is 0 Å². The Kier molecular flexibility index (Phi) is 9.74. The molecule has 1 aromatic carbocycles. The van der Waals surface area contributed by atoms with Gasteiger partial charge in [-0.25, -0.2) is 4.79 Å². The summed E-state index contributed by atoms with van der Waals surface area (Å²) < 4.78 is 9.94. The number of ether oxygens (including phenoxy) is 2. The van der Waals surface area contributed by atoms with E-state index in [0.717, 1.165) is 29.2 Å². The van der Waals surface area contributed by atoms with Gasteiger partial charge < -0.3 is 31.6 Å². The maximum Gasteiger partial charge on any atom is 0.328 e. The van der Waals surface area contributed by atoms with Crippen molar-refractivity contribution < 1.29 is 23.9 Å². The van der Waals surface area contributed by atoms with E-state index in [-0.39, 0.29) is 37.9 Å². The minimum absolute atomic E-state index is 0.000668. The smallest absolute Gasteiger partial charge is 0.328 e. The van der Waals surface area contributed by atoms with Gasteiger partial charge in [0.15, 0.2) is 0 Å². The molecule has 0 radical (unpaired) electrons. The Morgan fingerprint density at radius 1 is 1.14 bits per heavy atom. The fourth-order valence-electron chi connectivity index (χ4n) is 3.86. The zero-order valence-corrected chi connectivity index (χ0v) is 21.2. The molecule has 1 aromatic heterocycles. The second-order valence-electron chi connectivity index (χ2n) is 8.09. The van der Waals surface area contributed by atoms with Gasteiger partial charge in [-0.3, -0.25) is 9.59 Å². The van der Waals surface area contributed by atoms with Gasteiger partial charge >= 0.3 is 11.9 Å². The summed E-state index contributed by atoms with van der Waals surface area (Å²) in [6, 6.07) is 6.18. The summed E-state index contributed by atoms with van der Waals surface area (Å²) in [4.78, 5) is 45.9. The van der Waals surface area contributed by atoms with Crippen LogP contribution in [0.15, 0.2) is 29.2 Å². The van der Waals surface area contributed by atoms with E-state index in [2.05, 4.69) is 20.6 Å². The number of aromatic nitrogens is 2. The number of hydrogen-bond donors (Lipinski definition) is 4. The van der Waals surface area contributed by atoms with Crippen LogP contribution in [-0.4, -0.2) is 59.4 Å². The molecule has 2 heterocycles. The van der Waals surface area contributed by atoms with Crippen molar-refractivity contribution in [2.24, 2.45) is 0 Å². The van der Waals surface area contributed by atoms with E-state index < -0.39 is 23.9 Å². The van der Waals surface area contributed by atoms with Gasteiger partial charge in [0, 0.05) is 34.9 Å². The van der Waals surface area contributed by atoms with Crippen LogP contribution < -0.4 is 22.1 Å². The molecule has 0 bridgehead atoms. The highest BCUT2D eigenvalue weighted by Crippen LogP contribution is 2.37. The quantitative estimate of drug-likeness (QED) is 0.241. The Balaban J connectivity index is 1.52. The third-order valence-corrected chi connectivity index (χ3v) is 6.63. The second kappa shape index (κ2) is 13.0. The second-order valence-corrected chi connectivity index (χ2v) is 9.26. The maximum atomic E-state index is 12.7. The number of carbonyl (C=O) groups excluding carboxylic acids is 3. The summed E-state index contributed by atoms with van der Waals surface area (Å²) in [5.74, 6) is 0.873. The molecule has 0 fully saturated rings. The SMILES string of the molecule is CCOC(=O)CC[C@@H](NC(=O)c1ccc(SCCC2CNc3nc(N)nc(N)c32)cc1)C(=O)OCC. The van der Waals surface area contributed by atoms with Crippen molar-refractivity contribution in [1.29, 1.82) is 0 Å². The first-order valence-corrected chi connectivity index (χ1v) is 12.8. The minimum Gasteiger partial charge on any atom is -0.466 e. The molecule has 1 amide bonds. The molecule has 0 spiro atoms. The van der Waals surface area contributed by atoms with Crippen molar-refractivity contribution in [3.8, 4) is 0 Å². The van der Waals surface area contributed by atoms with Gasteiger partial charge in [0.1, 0.15) is 17.7 Å². The lowest BCUT2D eigenvalue weighted by atomic mass is 10.0. The van der Waals surface area contributed by atoms with Crippen LogP contribution in [0.25, 0.3) is 0 Å². The van der Waals surface area contributed by atoms with Crippen LogP contribution in [0.1, 0.15) is 54.9 Å². The van der Waals surface area contributed by atoms with E-state index in [9.17, 15) is 14.4 Å². The molecule has 0 aliphatic carbocycles. The predicted octanol–water partition coefficient (Wildman–Crippen LogP) is 2.34. The molecular weight excluding hydrogens is 484 g/mol. The van der Waals surface area contributed by atoms with E-state index in [1.165, 1.54) is 0 Å². The molecule has 0 saturated heterocycles. The van der Waals surface area contributed by atoms with Crippen molar-refractivity contribution in [2.45, 2.75) is 50.0 Å². The van der Waals surface area contributed by atoms with Gasteiger partial charge in [-0.1, -0.05) is 0 Å². The summed E-state index contributed by atoms with van der Waals surface area (Å²) in [7, 11) is 0. The number of hydrogen-bond acceptors (Lipinski definition) is 11. The fourth-order valence-corrected chi connectivity index (χ4v) is 4.83. The lowest BCUT2D eigenvalue weighted by Crippen LogP contribution is -2.42. The number of nitrogens with zero attached hydrogens (tertiary/aromatic N) is 2. The van der Waals surface area contributed by atoms with Crippen LogP contribution in [0.2, 0.25) is 0 Å². The summed E-state index contributed by atoms with van der Waals surface area (Å²) in [5, 5.41) is 5.90. The molecule has 6 N–H and O–H groups in total. The largest absolute Gasteiger partial charge is 0.466 e. The van der Waals surface area contributed by atoms with Crippen molar-refractivity contribution in [1.82, 2.24) is 15.3 Å². The average molecular weight is 517 g/mol. The van der Waals surface area contributed by atoms with Crippen molar-refractivity contribution in [3.63, 3.8) is 0 Å². The summed E-state index contributed by atoms with van der Waals surface area (Å²) in [5.41, 5.74) is 13.0. The standard InChI is InChI=1S/C24H32N6O5S/c1-3-34-18(31)10-9-17(23(33)35-4-2)28-22(32)14-5-7-16(8-6-14)36-12-11-15-13-27-21-19(15)20(25)29-24(26)30-21/h5-8,15,17H,3-4,9-13H2,1-2H3,(H,28,32)(H5,25,26,27,29,30)/t15?,17-/m1/s1. The first kappa shape index (κ1) is 27.1. The van der Waals surface area contributed by atoms with Crippen LogP contribution in [0.5, 0.6) is 0 Å². The van der Waals surface area contributed by atoms with Gasteiger partial charge in [-0.2, -0.15) is 9.97 Å². The third kappa shape index (κ3) is 7.23. The molecule has 11 nitrogen and oxygen atoms in total. The van der Waals surface area contributed by atoms with E-state index in [1.807, 2.05) is 12.1 Å². The highest BCUT2D eigenvalue weighted by Gasteiger charge is 2.27. The topological polar surface area (TPSA) is 172 Å². The lowest BCUT2D eigenvalue weighted by Gasteiger charge is -2.17. The molecule has 1 unspecified atom stereocenters. The van der Waals surface area contributed by atoms with Gasteiger partial charge in [0.25, 0.3) is 5.91 Å². The first-order chi connectivity index (χ1) is 17.3. The van der Waals surface area contributed by atoms with Gasteiger partial charge in [0.2, 0.25) is 5.95 Å². The number of amides is 1. The number of thioether (sulfide) groups is 1. The maximum absolute atomic E-state index is 12.7. The summed E-state index contributed by atoms with van der Waals surface area (Å²) in [6.45, 7) is 4.54. The Bertz CT molecular complexity index is 1080. The molecule has 194 valence electrons. The van der Waals surface area contributed by atoms with E-state index >= 15 is 0 Å². The van der Waals surface area contributed by atoms with Gasteiger partial charge in [-0.15, -0.1) is 11.8 Å². The van der Waals surface area contributed by atoms with Gasteiger partial charge in [0.05, 0.1) is 13.2 Å². The molecule has 2 atom stereocenters. The molecule has 0 saturated carbocycles.